The first-order chi connectivity index (χ1) is 18.1. The fourth-order valence-electron chi connectivity index (χ4n) is 4.29. The molecule has 2 aromatic carbocycles. The van der Waals surface area contributed by atoms with Gasteiger partial charge < -0.3 is 10.0 Å². The zero-order valence-electron chi connectivity index (χ0n) is 19.7. The van der Waals surface area contributed by atoms with E-state index >= 15 is 8.78 Å². The molecule has 198 valence electrons. The molecular formula is C26H21F4N3O3S2. The van der Waals surface area contributed by atoms with Crippen LogP contribution in [0.15, 0.2) is 59.8 Å². The standard InChI is InChI=1S/C26H21F4N3O3S2/c27-17-2-4-19(28)21(13-17)38(35,36)14-16-1-3-20(29)22(23(16)30)24-25(15-5-9-31-10-6-15)37-26(32-24)33-11-7-18(34)8-12-33/h1-6,9-10,13,18,34H,7-8,11-12,14H2. The molecule has 4 aromatic rings. The zero-order chi connectivity index (χ0) is 27.0. The Labute approximate surface area is 220 Å². The number of anilines is 1. The second-order valence-corrected chi connectivity index (χ2v) is 11.8. The van der Waals surface area contributed by atoms with Crippen LogP contribution in [0.25, 0.3) is 21.7 Å². The number of sulfone groups is 1. The van der Waals surface area contributed by atoms with Crippen LogP contribution >= 0.6 is 11.3 Å². The van der Waals surface area contributed by atoms with Crippen molar-refractivity contribution in [1.29, 1.82) is 0 Å². The Kier molecular flexibility index (Phi) is 7.21. The number of benzene rings is 2. The summed E-state index contributed by atoms with van der Waals surface area (Å²) in [5, 5.41) is 10.4. The quantitative estimate of drug-likeness (QED) is 0.318. The number of aliphatic hydroxyl groups excluding tert-OH is 1. The van der Waals surface area contributed by atoms with E-state index in [-0.39, 0.29) is 5.69 Å². The Bertz CT molecular complexity index is 1590. The van der Waals surface area contributed by atoms with Crippen LogP contribution in [0, 0.1) is 23.3 Å². The second kappa shape index (κ2) is 10.4. The Morgan fingerprint density at radius 1 is 0.974 bits per heavy atom. The van der Waals surface area contributed by atoms with Crippen molar-refractivity contribution < 1.29 is 31.1 Å². The lowest BCUT2D eigenvalue weighted by molar-refractivity contribution is 0.145. The highest BCUT2D eigenvalue weighted by molar-refractivity contribution is 7.90. The molecular weight excluding hydrogens is 542 g/mol. The lowest BCUT2D eigenvalue weighted by Crippen LogP contribution is -2.35. The van der Waals surface area contributed by atoms with Gasteiger partial charge in [0.25, 0.3) is 0 Å². The Morgan fingerprint density at radius 2 is 1.66 bits per heavy atom. The van der Waals surface area contributed by atoms with Gasteiger partial charge in [0.15, 0.2) is 15.0 Å². The van der Waals surface area contributed by atoms with E-state index in [9.17, 15) is 22.3 Å². The zero-order valence-corrected chi connectivity index (χ0v) is 21.4. The first-order valence-corrected chi connectivity index (χ1v) is 14.1. The third-order valence-corrected chi connectivity index (χ3v) is 9.11. The second-order valence-electron chi connectivity index (χ2n) is 8.86. The predicted octanol–water partition coefficient (Wildman–Crippen LogP) is 5.36. The molecule has 3 heterocycles. The van der Waals surface area contributed by atoms with Crippen molar-refractivity contribution in [2.75, 3.05) is 18.0 Å². The molecule has 1 N–H and O–H groups in total. The summed E-state index contributed by atoms with van der Waals surface area (Å²) in [5.74, 6) is -5.27. The van der Waals surface area contributed by atoms with Crippen molar-refractivity contribution >= 4 is 26.3 Å². The minimum atomic E-state index is -4.52. The average Bonchev–Trinajstić information content (AvgIpc) is 3.33. The number of nitrogens with zero attached hydrogens (tertiary/aromatic N) is 3. The molecule has 1 aliphatic rings. The van der Waals surface area contributed by atoms with Gasteiger partial charge in [-0.2, -0.15) is 0 Å². The van der Waals surface area contributed by atoms with Gasteiger partial charge in [0.2, 0.25) is 0 Å². The molecule has 1 fully saturated rings. The molecule has 0 spiro atoms. The van der Waals surface area contributed by atoms with E-state index in [4.69, 9.17) is 0 Å². The number of aromatic nitrogens is 2. The topological polar surface area (TPSA) is 83.4 Å². The van der Waals surface area contributed by atoms with Crippen molar-refractivity contribution in [3.05, 3.63) is 83.7 Å². The van der Waals surface area contributed by atoms with Gasteiger partial charge in [-0.3, -0.25) is 4.98 Å². The molecule has 0 atom stereocenters. The fourth-order valence-corrected chi connectivity index (χ4v) is 6.87. The van der Waals surface area contributed by atoms with E-state index in [1.807, 2.05) is 4.90 Å². The number of pyridine rings is 1. The molecule has 0 amide bonds. The van der Waals surface area contributed by atoms with E-state index in [1.54, 1.807) is 12.1 Å². The summed E-state index contributed by atoms with van der Waals surface area (Å²) >= 11 is 1.21. The molecule has 5 rings (SSSR count). The molecule has 1 saturated heterocycles. The largest absolute Gasteiger partial charge is 0.393 e. The summed E-state index contributed by atoms with van der Waals surface area (Å²) in [7, 11) is -4.52. The Balaban J connectivity index is 1.61. The van der Waals surface area contributed by atoms with Crippen LogP contribution in [-0.4, -0.2) is 42.7 Å². The van der Waals surface area contributed by atoms with E-state index < -0.39 is 61.0 Å². The van der Waals surface area contributed by atoms with E-state index in [0.717, 1.165) is 18.2 Å². The van der Waals surface area contributed by atoms with Crippen LogP contribution in [0.3, 0.4) is 0 Å². The third kappa shape index (κ3) is 5.16. The lowest BCUT2D eigenvalue weighted by atomic mass is 10.0. The van der Waals surface area contributed by atoms with Gasteiger partial charge in [0.1, 0.15) is 28.2 Å². The highest BCUT2D eigenvalue weighted by atomic mass is 32.2. The van der Waals surface area contributed by atoms with Crippen LogP contribution in [0.1, 0.15) is 18.4 Å². The van der Waals surface area contributed by atoms with Crippen molar-refractivity contribution in [2.24, 2.45) is 0 Å². The molecule has 0 saturated carbocycles. The molecule has 38 heavy (non-hydrogen) atoms. The summed E-state index contributed by atoms with van der Waals surface area (Å²) in [4.78, 5) is 9.99. The van der Waals surface area contributed by atoms with Gasteiger partial charge in [0, 0.05) is 31.0 Å². The fraction of sp³-hybridized carbons (Fsp3) is 0.231. The maximum Gasteiger partial charge on any atom is 0.186 e. The maximum atomic E-state index is 15.9. The van der Waals surface area contributed by atoms with E-state index in [2.05, 4.69) is 9.97 Å². The van der Waals surface area contributed by atoms with Crippen molar-refractivity contribution in [3.8, 4) is 21.7 Å². The Hall–Kier alpha value is -3.35. The molecule has 6 nitrogen and oxygen atoms in total. The van der Waals surface area contributed by atoms with Crippen LogP contribution in [0.4, 0.5) is 22.7 Å². The SMILES string of the molecule is O=S(=O)(Cc1ccc(F)c(-c2nc(N3CCC(O)CC3)sc2-c2ccncc2)c1F)c1cc(F)ccc1F. The minimum Gasteiger partial charge on any atom is -0.393 e. The number of aliphatic hydroxyl groups is 1. The van der Waals surface area contributed by atoms with Gasteiger partial charge in [0.05, 0.1) is 28.0 Å². The number of hydrogen-bond acceptors (Lipinski definition) is 7. The highest BCUT2D eigenvalue weighted by Crippen LogP contribution is 2.43. The normalized spacial score (nSPS) is 14.7. The summed E-state index contributed by atoms with van der Waals surface area (Å²) in [6, 6.07) is 7.19. The lowest BCUT2D eigenvalue weighted by Gasteiger charge is -2.29. The summed E-state index contributed by atoms with van der Waals surface area (Å²) < 4.78 is 84.6. The maximum absolute atomic E-state index is 15.9. The highest BCUT2D eigenvalue weighted by Gasteiger charge is 2.29. The molecule has 12 heteroatoms. The average molecular weight is 564 g/mol. The molecule has 1 aliphatic heterocycles. The number of thiazole rings is 1. The van der Waals surface area contributed by atoms with Crippen molar-refractivity contribution in [1.82, 2.24) is 9.97 Å². The Morgan fingerprint density at radius 3 is 2.37 bits per heavy atom. The molecule has 2 aromatic heterocycles. The predicted molar refractivity (Wildman–Crippen MR) is 135 cm³/mol. The van der Waals surface area contributed by atoms with Gasteiger partial charge in [-0.05, 0) is 54.8 Å². The monoisotopic (exact) mass is 563 g/mol. The minimum absolute atomic E-state index is 0.0199. The van der Waals surface area contributed by atoms with Crippen LogP contribution < -0.4 is 4.90 Å². The number of halogens is 4. The van der Waals surface area contributed by atoms with Gasteiger partial charge in [-0.15, -0.1) is 0 Å². The molecule has 0 radical (unpaired) electrons. The van der Waals surface area contributed by atoms with Gasteiger partial charge in [-0.1, -0.05) is 17.4 Å². The van der Waals surface area contributed by atoms with Crippen LogP contribution in [0.2, 0.25) is 0 Å². The number of rotatable bonds is 6. The summed E-state index contributed by atoms with van der Waals surface area (Å²) in [5.41, 5.74) is -0.354. The molecule has 0 aliphatic carbocycles. The first kappa shape index (κ1) is 26.3. The van der Waals surface area contributed by atoms with Crippen LogP contribution in [0.5, 0.6) is 0 Å². The van der Waals surface area contributed by atoms with Crippen LogP contribution in [-0.2, 0) is 15.6 Å². The number of piperidine rings is 1. The first-order valence-electron chi connectivity index (χ1n) is 11.6. The van der Waals surface area contributed by atoms with E-state index in [1.165, 1.54) is 23.7 Å². The summed E-state index contributed by atoms with van der Waals surface area (Å²) in [6.07, 6.45) is 3.66. The van der Waals surface area contributed by atoms with Gasteiger partial charge >= 0.3 is 0 Å². The third-order valence-electron chi connectivity index (χ3n) is 6.28. The van der Waals surface area contributed by atoms with Gasteiger partial charge in [-0.25, -0.2) is 31.0 Å². The van der Waals surface area contributed by atoms with E-state index in [0.29, 0.717) is 53.6 Å². The smallest absolute Gasteiger partial charge is 0.186 e. The number of hydrogen-bond donors (Lipinski definition) is 1. The summed E-state index contributed by atoms with van der Waals surface area (Å²) in [6.45, 7) is 1.01. The molecule has 0 unspecified atom stereocenters. The van der Waals surface area contributed by atoms with Crippen molar-refractivity contribution in [3.63, 3.8) is 0 Å². The molecule has 0 bridgehead atoms. The van der Waals surface area contributed by atoms with Crippen molar-refractivity contribution in [2.45, 2.75) is 29.6 Å².